The quantitative estimate of drug-likeness (QED) is 0.588. The molecule has 0 bridgehead atoms. The Kier molecular flexibility index (Phi) is 5.92. The average molecular weight is 478 g/mol. The van der Waals surface area contributed by atoms with E-state index in [4.69, 9.17) is 4.74 Å². The summed E-state index contributed by atoms with van der Waals surface area (Å²) in [6, 6.07) is 14.9. The van der Waals surface area contributed by atoms with Gasteiger partial charge in [0.15, 0.2) is 6.04 Å². The van der Waals surface area contributed by atoms with Crippen molar-refractivity contribution >= 4 is 23.9 Å². The van der Waals surface area contributed by atoms with Gasteiger partial charge in [-0.25, -0.2) is 14.6 Å². The van der Waals surface area contributed by atoms with E-state index in [0.717, 1.165) is 40.1 Å². The number of carbonyl (C=O) groups excluding carboxylic acids is 3. The van der Waals surface area contributed by atoms with Crippen LogP contribution in [0.25, 0.3) is 11.1 Å². The summed E-state index contributed by atoms with van der Waals surface area (Å²) in [6.45, 7) is 0.172. The summed E-state index contributed by atoms with van der Waals surface area (Å²) in [6.07, 6.45) is 1.63. The molecule has 2 fully saturated rings. The maximum Gasteiger partial charge on any atom is 0.407 e. The first-order valence-electron chi connectivity index (χ1n) is 11.8. The first-order chi connectivity index (χ1) is 16.9. The molecule has 3 aliphatic rings. The molecule has 9 heteroatoms. The van der Waals surface area contributed by atoms with Gasteiger partial charge in [-0.15, -0.1) is 0 Å². The number of fused-ring (bicyclic) bond motifs is 3. The van der Waals surface area contributed by atoms with E-state index in [9.17, 15) is 24.3 Å². The Balaban J connectivity index is 1.25. The minimum Gasteiger partial charge on any atom is -0.480 e. The molecular weight excluding hydrogens is 450 g/mol. The molecule has 0 spiro atoms. The Labute approximate surface area is 202 Å². The van der Waals surface area contributed by atoms with Gasteiger partial charge in [-0.3, -0.25) is 15.0 Å². The smallest absolute Gasteiger partial charge is 0.407 e. The fourth-order valence-electron chi connectivity index (χ4n) is 5.58. The van der Waals surface area contributed by atoms with Gasteiger partial charge in [0.25, 0.3) is 0 Å². The molecule has 9 nitrogen and oxygen atoms in total. The first-order valence-corrected chi connectivity index (χ1v) is 11.8. The van der Waals surface area contributed by atoms with Crippen LogP contribution in [0.15, 0.2) is 48.5 Å². The number of nitrogens with zero attached hydrogens (tertiary/aromatic N) is 1. The number of carbonyl (C=O) groups is 4. The molecule has 1 unspecified atom stereocenters. The van der Waals surface area contributed by atoms with Crippen molar-refractivity contribution in [2.24, 2.45) is 5.41 Å². The number of aliphatic carboxylic acids is 1. The zero-order valence-electron chi connectivity index (χ0n) is 19.2. The van der Waals surface area contributed by atoms with E-state index in [1.54, 1.807) is 0 Å². The lowest BCUT2D eigenvalue weighted by atomic mass is 9.84. The largest absolute Gasteiger partial charge is 0.480 e. The van der Waals surface area contributed by atoms with Gasteiger partial charge in [0.05, 0.1) is 11.8 Å². The topological polar surface area (TPSA) is 125 Å². The third-order valence-electron chi connectivity index (χ3n) is 7.37. The van der Waals surface area contributed by atoms with Gasteiger partial charge in [-0.05, 0) is 35.1 Å². The van der Waals surface area contributed by atoms with E-state index in [2.05, 4.69) is 22.9 Å². The fraction of sp³-hybridized carbons (Fsp3) is 0.385. The zero-order chi connectivity index (χ0) is 24.6. The monoisotopic (exact) mass is 477 g/mol. The van der Waals surface area contributed by atoms with Gasteiger partial charge < -0.3 is 15.2 Å². The molecular formula is C26H27N3O6. The number of carboxylic acids is 1. The van der Waals surface area contributed by atoms with Crippen LogP contribution >= 0.6 is 0 Å². The third-order valence-corrected chi connectivity index (χ3v) is 7.37. The van der Waals surface area contributed by atoms with Crippen molar-refractivity contribution < 1.29 is 29.0 Å². The molecule has 3 N–H and O–H groups in total. The highest BCUT2D eigenvalue weighted by Crippen LogP contribution is 2.44. The van der Waals surface area contributed by atoms with Gasteiger partial charge in [-0.1, -0.05) is 61.4 Å². The SMILES string of the molecule is O=C1CC(C(=O)O)N(C(=O)C2(CNC(=O)OCC3c4ccccc4-c4ccccc43)CCCC2)N1. The van der Waals surface area contributed by atoms with Gasteiger partial charge in [0.1, 0.15) is 6.61 Å². The number of benzene rings is 2. The molecule has 2 aromatic carbocycles. The number of hydrogen-bond donors (Lipinski definition) is 3. The fourth-order valence-corrected chi connectivity index (χ4v) is 5.58. The lowest BCUT2D eigenvalue weighted by Gasteiger charge is -2.33. The standard InChI is InChI=1S/C26H27N3O6/c30-22-13-21(23(31)32)29(28-22)24(33)26(11-5-6-12-26)15-27-25(34)35-14-20-18-9-3-1-7-16(18)17-8-2-4-10-19(17)20/h1-4,7-10,20-21H,5-6,11-15H2,(H,27,34)(H,28,30)(H,31,32). The molecule has 1 heterocycles. The van der Waals surface area contributed by atoms with Gasteiger partial charge in [-0.2, -0.15) is 0 Å². The lowest BCUT2D eigenvalue weighted by Crippen LogP contribution is -2.55. The van der Waals surface area contributed by atoms with E-state index in [-0.39, 0.29) is 25.5 Å². The Bertz CT molecular complexity index is 1140. The predicted octanol–water partition coefficient (Wildman–Crippen LogP) is 2.80. The molecule has 0 aromatic heterocycles. The Hall–Kier alpha value is -3.88. The highest BCUT2D eigenvalue weighted by Gasteiger charge is 2.49. The Morgan fingerprint density at radius 2 is 1.63 bits per heavy atom. The molecule has 1 saturated heterocycles. The molecule has 35 heavy (non-hydrogen) atoms. The zero-order valence-corrected chi connectivity index (χ0v) is 19.2. The van der Waals surface area contributed by atoms with Crippen LogP contribution in [0, 0.1) is 5.41 Å². The van der Waals surface area contributed by atoms with Crippen LogP contribution in [0.5, 0.6) is 0 Å². The lowest BCUT2D eigenvalue weighted by molar-refractivity contribution is -0.156. The van der Waals surface area contributed by atoms with Crippen LogP contribution in [-0.4, -0.2) is 53.2 Å². The van der Waals surface area contributed by atoms with Crippen molar-refractivity contribution in [3.8, 4) is 11.1 Å². The van der Waals surface area contributed by atoms with Crippen LogP contribution < -0.4 is 10.7 Å². The van der Waals surface area contributed by atoms with Crippen LogP contribution in [0.2, 0.25) is 0 Å². The normalized spacial score (nSPS) is 20.2. The molecule has 1 atom stereocenters. The second-order valence-corrected chi connectivity index (χ2v) is 9.43. The van der Waals surface area contributed by atoms with Gasteiger partial charge >= 0.3 is 12.1 Å². The molecule has 182 valence electrons. The third kappa shape index (κ3) is 4.11. The minimum absolute atomic E-state index is 0.0151. The van der Waals surface area contributed by atoms with Crippen molar-refractivity contribution in [1.29, 1.82) is 0 Å². The van der Waals surface area contributed by atoms with Crippen LogP contribution in [0.1, 0.15) is 49.1 Å². The van der Waals surface area contributed by atoms with E-state index < -0.39 is 35.3 Å². The van der Waals surface area contributed by atoms with Crippen LogP contribution in [0.3, 0.4) is 0 Å². The van der Waals surface area contributed by atoms with Crippen molar-refractivity contribution in [2.45, 2.75) is 44.1 Å². The van der Waals surface area contributed by atoms with Crippen molar-refractivity contribution in [3.63, 3.8) is 0 Å². The van der Waals surface area contributed by atoms with E-state index >= 15 is 0 Å². The summed E-state index contributed by atoms with van der Waals surface area (Å²) in [5.74, 6) is -2.31. The summed E-state index contributed by atoms with van der Waals surface area (Å²) in [5.41, 5.74) is 5.88. The molecule has 0 radical (unpaired) electrons. The minimum atomic E-state index is -1.25. The molecule has 1 aliphatic heterocycles. The molecule has 2 aliphatic carbocycles. The molecule has 5 rings (SSSR count). The molecule has 1 saturated carbocycles. The number of rotatable bonds is 6. The van der Waals surface area contributed by atoms with Crippen LogP contribution in [0.4, 0.5) is 4.79 Å². The summed E-state index contributed by atoms with van der Waals surface area (Å²) in [7, 11) is 0. The number of ether oxygens (including phenoxy) is 1. The highest BCUT2D eigenvalue weighted by molar-refractivity contribution is 5.95. The van der Waals surface area contributed by atoms with Crippen LogP contribution in [-0.2, 0) is 19.1 Å². The second-order valence-electron chi connectivity index (χ2n) is 9.43. The summed E-state index contributed by atoms with van der Waals surface area (Å²) >= 11 is 0. The number of hydrazine groups is 1. The molecule has 3 amide bonds. The Morgan fingerprint density at radius 1 is 1.03 bits per heavy atom. The number of nitrogens with one attached hydrogen (secondary N) is 2. The van der Waals surface area contributed by atoms with E-state index in [1.807, 2.05) is 36.4 Å². The van der Waals surface area contributed by atoms with E-state index in [1.165, 1.54) is 0 Å². The average Bonchev–Trinajstić information content (AvgIpc) is 3.57. The molecule has 2 aromatic rings. The predicted molar refractivity (Wildman–Crippen MR) is 125 cm³/mol. The van der Waals surface area contributed by atoms with Crippen molar-refractivity contribution in [1.82, 2.24) is 15.8 Å². The highest BCUT2D eigenvalue weighted by atomic mass is 16.5. The number of carboxylic acid groups (broad SMARTS) is 1. The van der Waals surface area contributed by atoms with E-state index in [0.29, 0.717) is 12.8 Å². The van der Waals surface area contributed by atoms with Gasteiger partial charge in [0.2, 0.25) is 11.8 Å². The maximum absolute atomic E-state index is 13.3. The summed E-state index contributed by atoms with van der Waals surface area (Å²) in [5, 5.41) is 13.1. The maximum atomic E-state index is 13.3. The summed E-state index contributed by atoms with van der Waals surface area (Å²) < 4.78 is 5.59. The number of amides is 3. The van der Waals surface area contributed by atoms with Crippen molar-refractivity contribution in [3.05, 3.63) is 59.7 Å². The second kappa shape index (κ2) is 9.05. The number of alkyl carbamates (subject to hydrolysis) is 1. The Morgan fingerprint density at radius 3 is 2.23 bits per heavy atom. The summed E-state index contributed by atoms with van der Waals surface area (Å²) in [4.78, 5) is 49.4. The van der Waals surface area contributed by atoms with Gasteiger partial charge in [0, 0.05) is 12.5 Å². The van der Waals surface area contributed by atoms with Crippen molar-refractivity contribution in [2.75, 3.05) is 13.2 Å². The first kappa shape index (κ1) is 22.9. The number of hydrogen-bond acceptors (Lipinski definition) is 5.